The maximum Gasteiger partial charge on any atom is 0.337 e. The Labute approximate surface area is 161 Å². The van der Waals surface area contributed by atoms with Gasteiger partial charge in [0.2, 0.25) is 0 Å². The number of pyridine rings is 1. The van der Waals surface area contributed by atoms with Crippen molar-refractivity contribution in [2.24, 2.45) is 0 Å². The molecule has 3 rings (SSSR count). The fourth-order valence-electron chi connectivity index (χ4n) is 2.41. The molecular formula is C21H17N3O4. The number of ether oxygens (including phenoxy) is 1. The minimum atomic E-state index is -0.472. The summed E-state index contributed by atoms with van der Waals surface area (Å²) in [5.41, 5.74) is 1.71. The van der Waals surface area contributed by atoms with Crippen LogP contribution in [0.4, 0.5) is 11.4 Å². The summed E-state index contributed by atoms with van der Waals surface area (Å²) in [7, 11) is 1.30. The first-order chi connectivity index (χ1) is 13.6. The summed E-state index contributed by atoms with van der Waals surface area (Å²) in [4.78, 5) is 40.3. The van der Waals surface area contributed by atoms with Gasteiger partial charge in [-0.25, -0.2) is 9.78 Å². The molecule has 0 bridgehead atoms. The lowest BCUT2D eigenvalue weighted by atomic mass is 10.2. The van der Waals surface area contributed by atoms with Crippen LogP contribution in [0, 0.1) is 0 Å². The standard InChI is InChI=1S/C21H17N3O4/c1-28-21(27)14-10-12-16(13-11-14)23-20(26)18-9-5-8-17(24-18)19(25)22-15-6-3-2-4-7-15/h2-13H,1H3,(H,22,25)(H,23,26). The van der Waals surface area contributed by atoms with Crippen LogP contribution in [-0.2, 0) is 4.74 Å². The van der Waals surface area contributed by atoms with E-state index in [4.69, 9.17) is 0 Å². The number of aromatic nitrogens is 1. The molecule has 2 aromatic carbocycles. The average molecular weight is 375 g/mol. The summed E-state index contributed by atoms with van der Waals surface area (Å²) in [5.74, 6) is -1.35. The van der Waals surface area contributed by atoms with Gasteiger partial charge >= 0.3 is 5.97 Å². The Morgan fingerprint density at radius 3 is 1.79 bits per heavy atom. The van der Waals surface area contributed by atoms with Crippen LogP contribution in [0.25, 0.3) is 0 Å². The largest absolute Gasteiger partial charge is 0.465 e. The van der Waals surface area contributed by atoms with Crippen LogP contribution < -0.4 is 10.6 Å². The molecule has 0 atom stereocenters. The molecule has 0 saturated heterocycles. The second-order valence-corrected chi connectivity index (χ2v) is 5.75. The van der Waals surface area contributed by atoms with Gasteiger partial charge in [0.15, 0.2) is 0 Å². The molecule has 2 amide bonds. The molecule has 0 radical (unpaired) electrons. The lowest BCUT2D eigenvalue weighted by molar-refractivity contribution is 0.0600. The van der Waals surface area contributed by atoms with E-state index in [0.717, 1.165) is 0 Å². The molecule has 7 heteroatoms. The van der Waals surface area contributed by atoms with Gasteiger partial charge in [0.1, 0.15) is 11.4 Å². The van der Waals surface area contributed by atoms with Crippen molar-refractivity contribution >= 4 is 29.2 Å². The van der Waals surface area contributed by atoms with Crippen molar-refractivity contribution in [3.05, 3.63) is 89.7 Å². The van der Waals surface area contributed by atoms with Crippen molar-refractivity contribution in [3.63, 3.8) is 0 Å². The number of amides is 2. The number of hydrogen-bond acceptors (Lipinski definition) is 5. The van der Waals surface area contributed by atoms with E-state index in [-0.39, 0.29) is 11.4 Å². The monoisotopic (exact) mass is 375 g/mol. The van der Waals surface area contributed by atoms with E-state index in [9.17, 15) is 14.4 Å². The zero-order chi connectivity index (χ0) is 19.9. The maximum atomic E-state index is 12.4. The summed E-state index contributed by atoms with van der Waals surface area (Å²) in [6, 6.07) is 19.8. The number of nitrogens with zero attached hydrogens (tertiary/aromatic N) is 1. The smallest absolute Gasteiger partial charge is 0.337 e. The highest BCUT2D eigenvalue weighted by Crippen LogP contribution is 2.13. The lowest BCUT2D eigenvalue weighted by Gasteiger charge is -2.08. The third-order valence-electron chi connectivity index (χ3n) is 3.81. The molecule has 0 unspecified atom stereocenters. The van der Waals surface area contributed by atoms with Gasteiger partial charge in [-0.05, 0) is 48.5 Å². The van der Waals surface area contributed by atoms with Gasteiger partial charge in [-0.1, -0.05) is 24.3 Å². The van der Waals surface area contributed by atoms with Crippen LogP contribution in [0.2, 0.25) is 0 Å². The zero-order valence-corrected chi connectivity index (χ0v) is 15.0. The minimum Gasteiger partial charge on any atom is -0.465 e. The Balaban J connectivity index is 1.70. The normalized spacial score (nSPS) is 10.0. The first-order valence-electron chi connectivity index (χ1n) is 8.40. The number of anilines is 2. The molecule has 1 aromatic heterocycles. The molecule has 28 heavy (non-hydrogen) atoms. The lowest BCUT2D eigenvalue weighted by Crippen LogP contribution is -2.18. The molecule has 140 valence electrons. The zero-order valence-electron chi connectivity index (χ0n) is 15.0. The van der Waals surface area contributed by atoms with Crippen molar-refractivity contribution in [2.75, 3.05) is 17.7 Å². The minimum absolute atomic E-state index is 0.0951. The van der Waals surface area contributed by atoms with E-state index in [2.05, 4.69) is 20.4 Å². The van der Waals surface area contributed by atoms with Gasteiger partial charge in [-0.2, -0.15) is 0 Å². The molecule has 0 fully saturated rings. The van der Waals surface area contributed by atoms with Crippen LogP contribution in [-0.4, -0.2) is 29.9 Å². The number of carbonyl (C=O) groups excluding carboxylic acids is 3. The number of hydrogen-bond donors (Lipinski definition) is 2. The second-order valence-electron chi connectivity index (χ2n) is 5.75. The van der Waals surface area contributed by atoms with Crippen LogP contribution in [0.1, 0.15) is 31.3 Å². The Morgan fingerprint density at radius 2 is 1.25 bits per heavy atom. The fraction of sp³-hybridized carbons (Fsp3) is 0.0476. The molecule has 2 N–H and O–H groups in total. The average Bonchev–Trinajstić information content (AvgIpc) is 2.74. The topological polar surface area (TPSA) is 97.4 Å². The highest BCUT2D eigenvalue weighted by Gasteiger charge is 2.13. The van der Waals surface area contributed by atoms with Crippen LogP contribution in [0.3, 0.4) is 0 Å². The summed E-state index contributed by atoms with van der Waals surface area (Å²) in [6.07, 6.45) is 0. The van der Waals surface area contributed by atoms with Gasteiger partial charge < -0.3 is 15.4 Å². The molecule has 0 saturated carbocycles. The van der Waals surface area contributed by atoms with Crippen molar-refractivity contribution in [3.8, 4) is 0 Å². The van der Waals surface area contributed by atoms with Crippen molar-refractivity contribution in [2.45, 2.75) is 0 Å². The van der Waals surface area contributed by atoms with Gasteiger partial charge in [0, 0.05) is 11.4 Å². The van der Waals surface area contributed by atoms with Crippen LogP contribution in [0.15, 0.2) is 72.8 Å². The van der Waals surface area contributed by atoms with Crippen LogP contribution >= 0.6 is 0 Å². The Bertz CT molecular complexity index is 1000. The van der Waals surface area contributed by atoms with Gasteiger partial charge in [0.05, 0.1) is 12.7 Å². The highest BCUT2D eigenvalue weighted by molar-refractivity contribution is 6.06. The van der Waals surface area contributed by atoms with E-state index in [1.54, 1.807) is 54.6 Å². The van der Waals surface area contributed by atoms with Crippen molar-refractivity contribution in [1.29, 1.82) is 0 Å². The second kappa shape index (κ2) is 8.59. The Hall–Kier alpha value is -4.00. The molecule has 0 aliphatic carbocycles. The quantitative estimate of drug-likeness (QED) is 0.667. The van der Waals surface area contributed by atoms with E-state index in [0.29, 0.717) is 16.9 Å². The number of nitrogens with one attached hydrogen (secondary N) is 2. The summed E-state index contributed by atoms with van der Waals surface area (Å²) in [5, 5.41) is 5.39. The van der Waals surface area contributed by atoms with Gasteiger partial charge in [-0.15, -0.1) is 0 Å². The van der Waals surface area contributed by atoms with Crippen LogP contribution in [0.5, 0.6) is 0 Å². The molecule has 1 heterocycles. The molecule has 0 aliphatic rings. The molecule has 0 aliphatic heterocycles. The highest BCUT2D eigenvalue weighted by atomic mass is 16.5. The fourth-order valence-corrected chi connectivity index (χ4v) is 2.41. The number of carbonyl (C=O) groups is 3. The Kier molecular flexibility index (Phi) is 5.76. The molecule has 0 spiro atoms. The number of methoxy groups -OCH3 is 1. The first kappa shape index (κ1) is 18.8. The number of rotatable bonds is 5. The third kappa shape index (κ3) is 4.59. The van der Waals surface area contributed by atoms with E-state index < -0.39 is 17.8 Å². The van der Waals surface area contributed by atoms with E-state index >= 15 is 0 Å². The molecule has 7 nitrogen and oxygen atoms in total. The molecular weight excluding hydrogens is 358 g/mol. The third-order valence-corrected chi connectivity index (χ3v) is 3.81. The summed E-state index contributed by atoms with van der Waals surface area (Å²) >= 11 is 0. The number of esters is 1. The van der Waals surface area contributed by atoms with Gasteiger partial charge in [0.25, 0.3) is 11.8 Å². The SMILES string of the molecule is COC(=O)c1ccc(NC(=O)c2cccc(C(=O)Nc3ccccc3)n2)cc1. The summed E-state index contributed by atoms with van der Waals surface area (Å²) < 4.78 is 4.63. The number of benzene rings is 2. The predicted molar refractivity (Wildman–Crippen MR) is 104 cm³/mol. The first-order valence-corrected chi connectivity index (χ1v) is 8.40. The van der Waals surface area contributed by atoms with Gasteiger partial charge in [-0.3, -0.25) is 9.59 Å². The number of para-hydroxylation sites is 1. The van der Waals surface area contributed by atoms with Crippen molar-refractivity contribution in [1.82, 2.24) is 4.98 Å². The maximum absolute atomic E-state index is 12.4. The molecule has 3 aromatic rings. The Morgan fingerprint density at radius 1 is 0.714 bits per heavy atom. The predicted octanol–water partition coefficient (Wildman–Crippen LogP) is 3.37. The van der Waals surface area contributed by atoms with Crippen molar-refractivity contribution < 1.29 is 19.1 Å². The van der Waals surface area contributed by atoms with E-state index in [1.165, 1.54) is 19.2 Å². The summed E-state index contributed by atoms with van der Waals surface area (Å²) in [6.45, 7) is 0. The van der Waals surface area contributed by atoms with E-state index in [1.807, 2.05) is 6.07 Å².